The molecular formula is C28H26N4O2. The van der Waals surface area contributed by atoms with E-state index in [2.05, 4.69) is 59.3 Å². The van der Waals surface area contributed by atoms with Crippen molar-refractivity contribution >= 4 is 16.6 Å². The first-order valence-corrected chi connectivity index (χ1v) is 11.4. The largest absolute Gasteiger partial charge is 0.494 e. The van der Waals surface area contributed by atoms with Gasteiger partial charge in [0.2, 0.25) is 0 Å². The van der Waals surface area contributed by atoms with Gasteiger partial charge in [-0.2, -0.15) is 5.26 Å². The van der Waals surface area contributed by atoms with Crippen molar-refractivity contribution < 1.29 is 9.47 Å². The number of fused-ring (bicyclic) bond motifs is 1. The molecule has 2 unspecified atom stereocenters. The Labute approximate surface area is 199 Å². The lowest BCUT2D eigenvalue weighted by Crippen LogP contribution is -2.45. The Morgan fingerprint density at radius 1 is 0.912 bits per heavy atom. The molecule has 1 aromatic heterocycles. The highest BCUT2D eigenvalue weighted by molar-refractivity contribution is 5.99. The van der Waals surface area contributed by atoms with Gasteiger partial charge >= 0.3 is 0 Å². The molecule has 0 N–H and O–H groups in total. The molecule has 0 radical (unpaired) electrons. The maximum absolute atomic E-state index is 9.10. The minimum absolute atomic E-state index is 0.208. The predicted molar refractivity (Wildman–Crippen MR) is 134 cm³/mol. The zero-order valence-electron chi connectivity index (χ0n) is 19.5. The molecule has 6 heteroatoms. The SMILES string of the molecule is COc1c(-c2ccc(N3CC(C)OC(C)C3)cc2)nnc2c(-c3ccc(C#N)cc3)cccc12. The summed E-state index contributed by atoms with van der Waals surface area (Å²) in [6.45, 7) is 5.97. The summed E-state index contributed by atoms with van der Waals surface area (Å²) >= 11 is 0. The molecule has 170 valence electrons. The fourth-order valence-corrected chi connectivity index (χ4v) is 4.68. The van der Waals surface area contributed by atoms with Crippen LogP contribution in [0.1, 0.15) is 19.4 Å². The summed E-state index contributed by atoms with van der Waals surface area (Å²) in [5.41, 5.74) is 6.15. The smallest absolute Gasteiger partial charge is 0.156 e. The topological polar surface area (TPSA) is 71.3 Å². The van der Waals surface area contributed by atoms with Crippen LogP contribution in [0, 0.1) is 11.3 Å². The molecule has 6 nitrogen and oxygen atoms in total. The zero-order chi connectivity index (χ0) is 23.7. The van der Waals surface area contributed by atoms with Crippen molar-refractivity contribution in [3.63, 3.8) is 0 Å². The molecular weight excluding hydrogens is 424 g/mol. The van der Waals surface area contributed by atoms with Crippen molar-refractivity contribution in [1.82, 2.24) is 10.2 Å². The predicted octanol–water partition coefficient (Wildman–Crippen LogP) is 5.46. The number of methoxy groups -OCH3 is 1. The summed E-state index contributed by atoms with van der Waals surface area (Å²) in [6, 6.07) is 24.0. The molecule has 3 aromatic carbocycles. The second-order valence-electron chi connectivity index (χ2n) is 8.68. The van der Waals surface area contributed by atoms with Gasteiger partial charge in [-0.15, -0.1) is 10.2 Å². The molecule has 2 atom stereocenters. The first-order chi connectivity index (χ1) is 16.6. The molecule has 0 aliphatic carbocycles. The van der Waals surface area contributed by atoms with Crippen molar-refractivity contribution in [2.45, 2.75) is 26.1 Å². The second-order valence-corrected chi connectivity index (χ2v) is 8.68. The van der Waals surface area contributed by atoms with Gasteiger partial charge in [-0.3, -0.25) is 0 Å². The van der Waals surface area contributed by atoms with Gasteiger partial charge in [0, 0.05) is 35.3 Å². The molecule has 1 aliphatic heterocycles. The number of aromatic nitrogens is 2. The first kappa shape index (κ1) is 21.9. The lowest BCUT2D eigenvalue weighted by Gasteiger charge is -2.36. The number of morpholine rings is 1. The number of nitrogens with zero attached hydrogens (tertiary/aromatic N) is 4. The lowest BCUT2D eigenvalue weighted by molar-refractivity contribution is -0.00521. The van der Waals surface area contributed by atoms with Crippen molar-refractivity contribution in [1.29, 1.82) is 5.26 Å². The molecule has 0 bridgehead atoms. The van der Waals surface area contributed by atoms with Gasteiger partial charge in [-0.05, 0) is 49.7 Å². The fourth-order valence-electron chi connectivity index (χ4n) is 4.68. The van der Waals surface area contributed by atoms with E-state index in [4.69, 9.17) is 14.7 Å². The van der Waals surface area contributed by atoms with Crippen molar-refractivity contribution in [3.05, 3.63) is 72.3 Å². The van der Waals surface area contributed by atoms with Gasteiger partial charge in [0.25, 0.3) is 0 Å². The van der Waals surface area contributed by atoms with Crippen molar-refractivity contribution in [2.24, 2.45) is 0 Å². The van der Waals surface area contributed by atoms with Crippen LogP contribution in [0.5, 0.6) is 5.75 Å². The molecule has 0 spiro atoms. The van der Waals surface area contributed by atoms with Gasteiger partial charge in [-0.1, -0.05) is 36.4 Å². The maximum atomic E-state index is 9.10. The number of ether oxygens (including phenoxy) is 2. The molecule has 4 aromatic rings. The summed E-state index contributed by atoms with van der Waals surface area (Å²) in [7, 11) is 1.67. The quantitative estimate of drug-likeness (QED) is 0.411. The van der Waals surface area contributed by atoms with E-state index in [1.807, 2.05) is 42.5 Å². The van der Waals surface area contributed by atoms with E-state index in [1.165, 1.54) is 5.69 Å². The molecule has 34 heavy (non-hydrogen) atoms. The summed E-state index contributed by atoms with van der Waals surface area (Å²) in [4.78, 5) is 2.36. The van der Waals surface area contributed by atoms with Gasteiger partial charge in [-0.25, -0.2) is 0 Å². The minimum atomic E-state index is 0.208. The summed E-state index contributed by atoms with van der Waals surface area (Å²) in [5, 5.41) is 19.2. The molecule has 0 amide bonds. The van der Waals surface area contributed by atoms with Crippen LogP contribution in [0.3, 0.4) is 0 Å². The van der Waals surface area contributed by atoms with Crippen molar-refractivity contribution in [2.75, 3.05) is 25.1 Å². The molecule has 5 rings (SSSR count). The number of rotatable bonds is 4. The number of anilines is 1. The Hall–Kier alpha value is -3.95. The Morgan fingerprint density at radius 2 is 1.59 bits per heavy atom. The average Bonchev–Trinajstić information content (AvgIpc) is 2.87. The molecule has 2 heterocycles. The fraction of sp³-hybridized carbons (Fsp3) is 0.250. The lowest BCUT2D eigenvalue weighted by atomic mass is 9.99. The highest BCUT2D eigenvalue weighted by Crippen LogP contribution is 2.38. The standard InChI is InChI=1S/C28H26N4O2/c1-18-16-32(17-19(2)34-18)23-13-11-22(12-14-23)26-28(33-3)25-6-4-5-24(27(25)31-30-26)21-9-7-20(15-29)8-10-21/h4-14,18-19H,16-17H2,1-3H3. The van der Waals surface area contributed by atoms with Gasteiger partial charge in [0.15, 0.2) is 5.75 Å². The molecule has 1 saturated heterocycles. The third-order valence-electron chi connectivity index (χ3n) is 6.20. The van der Waals surface area contributed by atoms with E-state index in [0.717, 1.165) is 40.7 Å². The summed E-state index contributed by atoms with van der Waals surface area (Å²) in [5.74, 6) is 0.696. The van der Waals surface area contributed by atoms with Gasteiger partial charge in [0.1, 0.15) is 11.2 Å². The average molecular weight is 451 g/mol. The minimum Gasteiger partial charge on any atom is -0.494 e. The van der Waals surface area contributed by atoms with Crippen LogP contribution in [-0.4, -0.2) is 42.6 Å². The molecule has 1 fully saturated rings. The second kappa shape index (κ2) is 9.12. The summed E-state index contributed by atoms with van der Waals surface area (Å²) in [6.07, 6.45) is 0.417. The van der Waals surface area contributed by atoms with E-state index in [9.17, 15) is 0 Å². The number of nitriles is 1. The Kier molecular flexibility index (Phi) is 5.87. The van der Waals surface area contributed by atoms with Crippen LogP contribution in [-0.2, 0) is 4.74 Å². The molecule has 0 saturated carbocycles. The van der Waals surface area contributed by atoms with Crippen LogP contribution in [0.2, 0.25) is 0 Å². The van der Waals surface area contributed by atoms with E-state index in [0.29, 0.717) is 17.0 Å². The number of hydrogen-bond donors (Lipinski definition) is 0. The van der Waals surface area contributed by atoms with E-state index in [-0.39, 0.29) is 12.2 Å². The van der Waals surface area contributed by atoms with Crippen molar-refractivity contribution in [3.8, 4) is 34.2 Å². The van der Waals surface area contributed by atoms with E-state index in [1.54, 1.807) is 7.11 Å². The maximum Gasteiger partial charge on any atom is 0.156 e. The van der Waals surface area contributed by atoms with Gasteiger partial charge < -0.3 is 14.4 Å². The third-order valence-corrected chi connectivity index (χ3v) is 6.20. The van der Waals surface area contributed by atoms with E-state index >= 15 is 0 Å². The van der Waals surface area contributed by atoms with Crippen LogP contribution in [0.15, 0.2) is 66.7 Å². The highest BCUT2D eigenvalue weighted by atomic mass is 16.5. The van der Waals surface area contributed by atoms with Crippen LogP contribution >= 0.6 is 0 Å². The number of hydrogen-bond acceptors (Lipinski definition) is 6. The zero-order valence-corrected chi connectivity index (χ0v) is 19.5. The van der Waals surface area contributed by atoms with Crippen LogP contribution in [0.25, 0.3) is 33.3 Å². The van der Waals surface area contributed by atoms with Gasteiger partial charge in [0.05, 0.1) is 31.0 Å². The normalized spacial score (nSPS) is 18.0. The monoisotopic (exact) mass is 450 g/mol. The van der Waals surface area contributed by atoms with E-state index < -0.39 is 0 Å². The first-order valence-electron chi connectivity index (χ1n) is 11.4. The Morgan fingerprint density at radius 3 is 2.24 bits per heavy atom. The highest BCUT2D eigenvalue weighted by Gasteiger charge is 2.23. The summed E-state index contributed by atoms with van der Waals surface area (Å²) < 4.78 is 11.7. The van der Waals surface area contributed by atoms with Crippen LogP contribution < -0.4 is 9.64 Å². The number of benzene rings is 3. The molecule has 1 aliphatic rings. The third kappa shape index (κ3) is 4.07. The van der Waals surface area contributed by atoms with Crippen LogP contribution in [0.4, 0.5) is 5.69 Å². The Bertz CT molecular complexity index is 1350. The Balaban J connectivity index is 1.52.